The first kappa shape index (κ1) is 13.8. The average Bonchev–Trinajstić information content (AvgIpc) is 3.28. The molecule has 4 rings (SSSR count). The molecule has 0 bridgehead atoms. The van der Waals surface area contributed by atoms with E-state index in [1.54, 1.807) is 10.9 Å². The Bertz CT molecular complexity index is 923. The van der Waals surface area contributed by atoms with Gasteiger partial charge in [0.05, 0.1) is 29.0 Å². The van der Waals surface area contributed by atoms with Gasteiger partial charge in [0, 0.05) is 29.4 Å². The number of nitrogens with two attached hydrogens (primary N) is 1. The van der Waals surface area contributed by atoms with Gasteiger partial charge < -0.3 is 16.6 Å². The minimum Gasteiger partial charge on any atom is -0.398 e. The first-order chi connectivity index (χ1) is 11.2. The molecule has 0 saturated heterocycles. The maximum absolute atomic E-state index is 7.33. The van der Waals surface area contributed by atoms with Gasteiger partial charge in [0.25, 0.3) is 0 Å². The minimum absolute atomic E-state index is 0.493. The second-order valence-electron chi connectivity index (χ2n) is 4.99. The molecular weight excluding hydrogens is 314 g/mol. The van der Waals surface area contributed by atoms with E-state index in [-0.39, 0.29) is 0 Å². The highest BCUT2D eigenvalue weighted by atomic mass is 32.1. The molecule has 0 saturated carbocycles. The van der Waals surface area contributed by atoms with E-state index in [0.29, 0.717) is 30.1 Å². The van der Waals surface area contributed by atoms with E-state index < -0.39 is 0 Å². The summed E-state index contributed by atoms with van der Waals surface area (Å²) in [5.74, 6) is 0. The van der Waals surface area contributed by atoms with Crippen molar-refractivity contribution >= 4 is 40.1 Å². The highest BCUT2D eigenvalue weighted by Crippen LogP contribution is 2.24. The quantitative estimate of drug-likeness (QED) is 0.509. The third-order valence-corrected chi connectivity index (χ3v) is 4.55. The molecule has 5 N–H and O–H groups in total. The second kappa shape index (κ2) is 5.41. The van der Waals surface area contributed by atoms with E-state index in [1.807, 2.05) is 12.3 Å². The maximum atomic E-state index is 7.33. The molecule has 0 amide bonds. The summed E-state index contributed by atoms with van der Waals surface area (Å²) in [4.78, 5) is 10.7. The second-order valence-corrected chi connectivity index (χ2v) is 6.16. The highest BCUT2D eigenvalue weighted by molar-refractivity contribution is 7.14. The number of aromatic nitrogens is 5. The Morgan fingerprint density at radius 2 is 2.39 bits per heavy atom. The van der Waals surface area contributed by atoms with E-state index >= 15 is 0 Å². The van der Waals surface area contributed by atoms with E-state index in [4.69, 9.17) is 11.1 Å². The molecule has 10 heteroatoms. The molecule has 23 heavy (non-hydrogen) atoms. The SMILES string of the molecule is N=Cc1sc(Cn2nnc3ncc(C4=CNNC4)nc32)cc1N. The predicted octanol–water partition coefficient (Wildman–Crippen LogP) is 0.360. The van der Waals surface area contributed by atoms with E-state index in [2.05, 4.69) is 31.1 Å². The fourth-order valence-corrected chi connectivity index (χ4v) is 3.22. The Kier molecular flexibility index (Phi) is 3.24. The monoisotopic (exact) mass is 327 g/mol. The van der Waals surface area contributed by atoms with Crippen LogP contribution in [0.25, 0.3) is 16.9 Å². The van der Waals surface area contributed by atoms with Gasteiger partial charge in [-0.25, -0.2) is 20.1 Å². The molecule has 4 heterocycles. The van der Waals surface area contributed by atoms with Crippen molar-refractivity contribution in [2.75, 3.05) is 12.3 Å². The molecule has 0 aromatic carbocycles. The lowest BCUT2D eigenvalue weighted by atomic mass is 10.2. The zero-order valence-corrected chi connectivity index (χ0v) is 12.8. The summed E-state index contributed by atoms with van der Waals surface area (Å²) < 4.78 is 1.70. The number of thiophene rings is 1. The van der Waals surface area contributed by atoms with Crippen LogP contribution in [0.2, 0.25) is 0 Å². The Morgan fingerprint density at radius 3 is 3.13 bits per heavy atom. The number of nitrogens with one attached hydrogen (secondary N) is 3. The van der Waals surface area contributed by atoms with Crippen LogP contribution in [-0.2, 0) is 6.54 Å². The minimum atomic E-state index is 0.493. The average molecular weight is 327 g/mol. The largest absolute Gasteiger partial charge is 0.398 e. The summed E-state index contributed by atoms with van der Waals surface area (Å²) in [7, 11) is 0. The van der Waals surface area contributed by atoms with Gasteiger partial charge in [-0.05, 0) is 6.07 Å². The number of anilines is 1. The van der Waals surface area contributed by atoms with E-state index in [0.717, 1.165) is 21.0 Å². The fourth-order valence-electron chi connectivity index (χ4n) is 2.33. The predicted molar refractivity (Wildman–Crippen MR) is 88.0 cm³/mol. The molecule has 1 aliphatic heterocycles. The van der Waals surface area contributed by atoms with Gasteiger partial charge in [-0.3, -0.25) is 0 Å². The van der Waals surface area contributed by atoms with Crippen molar-refractivity contribution in [1.29, 1.82) is 5.41 Å². The van der Waals surface area contributed by atoms with Gasteiger partial charge in [0.2, 0.25) is 5.65 Å². The number of nitrogen functional groups attached to an aromatic ring is 1. The Morgan fingerprint density at radius 1 is 1.48 bits per heavy atom. The Labute approximate surface area is 134 Å². The molecule has 0 spiro atoms. The number of rotatable bonds is 4. The summed E-state index contributed by atoms with van der Waals surface area (Å²) in [5, 5.41) is 15.5. The van der Waals surface area contributed by atoms with E-state index in [9.17, 15) is 0 Å². The Balaban J connectivity index is 1.71. The lowest BCUT2D eigenvalue weighted by Crippen LogP contribution is -2.20. The van der Waals surface area contributed by atoms with Crippen LogP contribution < -0.4 is 16.6 Å². The van der Waals surface area contributed by atoms with Crippen LogP contribution in [0.1, 0.15) is 15.4 Å². The van der Waals surface area contributed by atoms with Crippen LogP contribution in [0.4, 0.5) is 5.69 Å². The standard InChI is InChI=1S/C13H13N9S/c14-2-11-9(15)1-8(23-11)6-22-13-12(20-21-22)16-5-10(19-13)7-3-17-18-4-7/h1-3,5,14,17-18H,4,6,15H2. The summed E-state index contributed by atoms with van der Waals surface area (Å²) in [6, 6.07) is 1.85. The van der Waals surface area contributed by atoms with Crippen LogP contribution in [0.3, 0.4) is 0 Å². The van der Waals surface area contributed by atoms with Crippen molar-refractivity contribution in [3.63, 3.8) is 0 Å². The van der Waals surface area contributed by atoms with Gasteiger partial charge in [-0.1, -0.05) is 5.21 Å². The third kappa shape index (κ3) is 2.43. The van der Waals surface area contributed by atoms with Gasteiger partial charge in [0.15, 0.2) is 5.65 Å². The lowest BCUT2D eigenvalue weighted by molar-refractivity contribution is 0.670. The zero-order valence-electron chi connectivity index (χ0n) is 11.9. The van der Waals surface area contributed by atoms with Crippen molar-refractivity contribution in [2.24, 2.45) is 0 Å². The highest BCUT2D eigenvalue weighted by Gasteiger charge is 2.14. The van der Waals surface area contributed by atoms with Crippen molar-refractivity contribution in [3.8, 4) is 0 Å². The summed E-state index contributed by atoms with van der Waals surface area (Å²) in [6.45, 7) is 1.18. The number of hydrogen-bond donors (Lipinski definition) is 4. The molecule has 0 aliphatic carbocycles. The number of hydrogen-bond acceptors (Lipinski definition) is 9. The molecule has 116 valence electrons. The Hall–Kier alpha value is -2.85. The number of fused-ring (bicyclic) bond motifs is 1. The van der Waals surface area contributed by atoms with Gasteiger partial charge >= 0.3 is 0 Å². The number of nitrogens with zero attached hydrogens (tertiary/aromatic N) is 5. The molecule has 3 aromatic heterocycles. The number of hydrazine groups is 1. The topological polar surface area (TPSA) is 130 Å². The van der Waals surface area contributed by atoms with Crippen LogP contribution in [-0.4, -0.2) is 37.7 Å². The molecule has 0 unspecified atom stereocenters. The summed E-state index contributed by atoms with van der Waals surface area (Å²) >= 11 is 1.46. The molecular formula is C13H13N9S. The summed E-state index contributed by atoms with van der Waals surface area (Å²) in [5.41, 5.74) is 15.3. The molecule has 0 fully saturated rings. The zero-order chi connectivity index (χ0) is 15.8. The molecule has 0 atom stereocenters. The van der Waals surface area contributed by atoms with Gasteiger partial charge in [0.1, 0.15) is 0 Å². The normalized spacial score (nSPS) is 14.0. The lowest BCUT2D eigenvalue weighted by Gasteiger charge is -2.02. The van der Waals surface area contributed by atoms with E-state index in [1.165, 1.54) is 17.6 Å². The van der Waals surface area contributed by atoms with Gasteiger partial charge in [-0.2, -0.15) is 0 Å². The smallest absolute Gasteiger partial charge is 0.221 e. The van der Waals surface area contributed by atoms with Gasteiger partial charge in [-0.15, -0.1) is 16.4 Å². The van der Waals surface area contributed by atoms with Crippen LogP contribution in [0.5, 0.6) is 0 Å². The van der Waals surface area contributed by atoms with Crippen LogP contribution in [0.15, 0.2) is 18.5 Å². The molecule has 1 aliphatic rings. The van der Waals surface area contributed by atoms with Crippen molar-refractivity contribution in [3.05, 3.63) is 33.9 Å². The first-order valence-corrected chi connectivity index (χ1v) is 7.69. The molecule has 9 nitrogen and oxygen atoms in total. The fraction of sp³-hybridized carbons (Fsp3) is 0.154. The third-order valence-electron chi connectivity index (χ3n) is 3.46. The van der Waals surface area contributed by atoms with Crippen LogP contribution >= 0.6 is 11.3 Å². The molecule has 3 aromatic rings. The van der Waals surface area contributed by atoms with Crippen molar-refractivity contribution in [2.45, 2.75) is 6.54 Å². The maximum Gasteiger partial charge on any atom is 0.221 e. The van der Waals surface area contributed by atoms with Crippen molar-refractivity contribution < 1.29 is 0 Å². The summed E-state index contributed by atoms with van der Waals surface area (Å²) in [6.07, 6.45) is 4.81. The molecule has 0 radical (unpaired) electrons. The first-order valence-electron chi connectivity index (χ1n) is 6.87. The van der Waals surface area contributed by atoms with Crippen molar-refractivity contribution in [1.82, 2.24) is 35.8 Å². The van der Waals surface area contributed by atoms with Crippen LogP contribution in [0, 0.1) is 5.41 Å².